The number of para-hydroxylation sites is 1. The zero-order valence-electron chi connectivity index (χ0n) is 36.3. The van der Waals surface area contributed by atoms with Gasteiger partial charge in [-0.25, -0.2) is 0 Å². The van der Waals surface area contributed by atoms with E-state index in [1.165, 1.54) is 92.0 Å². The average Bonchev–Trinajstić information content (AvgIpc) is 3.86. The van der Waals surface area contributed by atoms with Gasteiger partial charge in [-0.3, -0.25) is 0 Å². The van der Waals surface area contributed by atoms with Crippen molar-refractivity contribution in [3.8, 4) is 16.8 Å². The summed E-state index contributed by atoms with van der Waals surface area (Å²) in [5.74, 6) is 0. The van der Waals surface area contributed by atoms with Crippen LogP contribution in [0.3, 0.4) is 0 Å². The molecular weight excluding hydrogens is 747 g/mol. The Hall–Kier alpha value is -5.78. The van der Waals surface area contributed by atoms with Crippen molar-refractivity contribution in [2.75, 3.05) is 5.32 Å². The number of benzene rings is 7. The maximum atomic E-state index is 6.52. The Morgan fingerprint density at radius 2 is 1.25 bits per heavy atom. The molecule has 1 aliphatic rings. The lowest BCUT2D eigenvalue weighted by atomic mass is 9.58. The SMILES string of the molecule is Cc1cc(-c2cc3sc4cc(C(C)(C)C)ccc4c3cc2Nc2ccc(C(C)(C)C)cc2)c2c3c1c1cc4oc5ccccc5c4cc1n3-c1ccc(C(C)(C)C)cc1[B]2. The number of thiophene rings is 1. The van der Waals surface area contributed by atoms with Crippen LogP contribution in [0.15, 0.2) is 120 Å². The van der Waals surface area contributed by atoms with Gasteiger partial charge >= 0.3 is 0 Å². The molecule has 0 spiro atoms. The van der Waals surface area contributed by atoms with Crippen LogP contribution in [0.5, 0.6) is 0 Å². The van der Waals surface area contributed by atoms with Gasteiger partial charge in [0.05, 0.1) is 5.52 Å². The first kappa shape index (κ1) is 37.2. The number of rotatable bonds is 3. The number of nitrogens with one attached hydrogen (secondary N) is 1. The van der Waals surface area contributed by atoms with Crippen LogP contribution in [-0.2, 0) is 16.2 Å². The fourth-order valence-corrected chi connectivity index (χ4v) is 10.8. The number of furan rings is 1. The first-order valence-corrected chi connectivity index (χ1v) is 22.1. The molecule has 0 aliphatic carbocycles. The van der Waals surface area contributed by atoms with Gasteiger partial charge in [-0.1, -0.05) is 128 Å². The third-order valence-corrected chi connectivity index (χ3v) is 14.1. The van der Waals surface area contributed by atoms with Crippen LogP contribution in [0.25, 0.3) is 80.7 Å². The second kappa shape index (κ2) is 12.6. The van der Waals surface area contributed by atoms with Crippen molar-refractivity contribution in [3.05, 3.63) is 138 Å². The maximum absolute atomic E-state index is 6.52. The Bertz CT molecular complexity index is 3430. The quantitative estimate of drug-likeness (QED) is 0.181. The highest BCUT2D eigenvalue weighted by Crippen LogP contribution is 2.46. The van der Waals surface area contributed by atoms with Gasteiger partial charge in [-0.05, 0) is 111 Å². The Kier molecular flexibility index (Phi) is 7.84. The minimum atomic E-state index is 0.00784. The summed E-state index contributed by atoms with van der Waals surface area (Å²) in [5.41, 5.74) is 18.0. The molecule has 1 N–H and O–H groups in total. The predicted molar refractivity (Wildman–Crippen MR) is 262 cm³/mol. The average molecular weight is 798 g/mol. The Labute approximate surface area is 357 Å². The van der Waals surface area contributed by atoms with Crippen molar-refractivity contribution in [2.24, 2.45) is 0 Å². The van der Waals surface area contributed by atoms with Crippen LogP contribution < -0.4 is 16.2 Å². The van der Waals surface area contributed by atoms with Crippen LogP contribution in [-0.4, -0.2) is 11.8 Å². The second-order valence-corrected chi connectivity index (χ2v) is 21.3. The van der Waals surface area contributed by atoms with Crippen molar-refractivity contribution >= 4 is 105 Å². The third kappa shape index (κ3) is 5.69. The van der Waals surface area contributed by atoms with E-state index in [1.54, 1.807) is 0 Å². The first-order valence-electron chi connectivity index (χ1n) is 21.3. The molecule has 0 unspecified atom stereocenters. The van der Waals surface area contributed by atoms with Gasteiger partial charge < -0.3 is 14.3 Å². The fraction of sp³-hybridized carbons (Fsp3) is 0.236. The van der Waals surface area contributed by atoms with E-state index in [-0.39, 0.29) is 16.2 Å². The Morgan fingerprint density at radius 3 is 2.00 bits per heavy atom. The molecule has 0 atom stereocenters. The highest BCUT2D eigenvalue weighted by atomic mass is 32.1. The number of aryl methyl sites for hydroxylation is 1. The summed E-state index contributed by atoms with van der Waals surface area (Å²) in [6.07, 6.45) is 0. The van der Waals surface area contributed by atoms with Crippen LogP contribution in [0.2, 0.25) is 0 Å². The smallest absolute Gasteiger partial charge is 0.197 e. The Balaban J connectivity index is 1.22. The summed E-state index contributed by atoms with van der Waals surface area (Å²) < 4.78 is 11.7. The Morgan fingerprint density at radius 1 is 0.567 bits per heavy atom. The molecular formula is C55H50BN2OS. The molecule has 0 saturated heterocycles. The lowest BCUT2D eigenvalue weighted by Crippen LogP contribution is -2.38. The highest BCUT2D eigenvalue weighted by Gasteiger charge is 2.30. The minimum Gasteiger partial charge on any atom is -0.456 e. The topological polar surface area (TPSA) is 30.1 Å². The van der Waals surface area contributed by atoms with E-state index in [0.29, 0.717) is 0 Å². The van der Waals surface area contributed by atoms with Gasteiger partial charge in [-0.2, -0.15) is 0 Å². The van der Waals surface area contributed by atoms with Gasteiger partial charge in [0.1, 0.15) is 11.2 Å². The molecule has 0 saturated carbocycles. The zero-order chi connectivity index (χ0) is 41.6. The van der Waals surface area contributed by atoms with E-state index in [9.17, 15) is 0 Å². The van der Waals surface area contributed by atoms with Gasteiger partial charge in [0.15, 0.2) is 7.28 Å². The second-order valence-electron chi connectivity index (χ2n) is 20.3. The molecule has 0 amide bonds. The molecule has 60 heavy (non-hydrogen) atoms. The fourth-order valence-electron chi connectivity index (χ4n) is 9.59. The van der Waals surface area contributed by atoms with Crippen molar-refractivity contribution in [2.45, 2.75) is 85.5 Å². The molecule has 3 aromatic heterocycles. The molecule has 1 aliphatic heterocycles. The summed E-state index contributed by atoms with van der Waals surface area (Å²) in [6.45, 7) is 22.9. The zero-order valence-corrected chi connectivity index (χ0v) is 37.1. The molecule has 295 valence electrons. The van der Waals surface area contributed by atoms with Crippen LogP contribution in [0, 0.1) is 6.92 Å². The van der Waals surface area contributed by atoms with Gasteiger partial charge in [-0.15, -0.1) is 11.3 Å². The van der Waals surface area contributed by atoms with Crippen LogP contribution in [0.4, 0.5) is 11.4 Å². The van der Waals surface area contributed by atoms with Crippen LogP contribution >= 0.6 is 11.3 Å². The van der Waals surface area contributed by atoms with Crippen LogP contribution in [0.1, 0.15) is 84.6 Å². The molecule has 11 rings (SSSR count). The summed E-state index contributed by atoms with van der Waals surface area (Å²) >= 11 is 1.91. The summed E-state index contributed by atoms with van der Waals surface area (Å²) in [5, 5.41) is 11.3. The standard InChI is InChI=1S/C55H50BN2OS/c1-30-23-40(37-29-49-39(36-21-17-33(55(8,9)10)25-48(36)60-49)26-43(37)57-34-19-15-31(16-20-34)53(2,3)4)51-52-50(30)41-28-47-38(35-13-11-12-14-46(35)59-47)27-45(41)58(52)44-22-18-32(54(5,6)7)24-42(44)56-51/h11-29,57H,1-10H3. The minimum absolute atomic E-state index is 0.00784. The van der Waals surface area contributed by atoms with E-state index in [2.05, 4.69) is 202 Å². The number of nitrogens with zero attached hydrogens (tertiary/aromatic N) is 1. The van der Waals surface area contributed by atoms with Crippen molar-refractivity contribution < 1.29 is 4.42 Å². The van der Waals surface area contributed by atoms with E-state index < -0.39 is 0 Å². The summed E-state index contributed by atoms with van der Waals surface area (Å²) in [4.78, 5) is 0. The number of fused-ring (bicyclic) bond motifs is 11. The van der Waals surface area contributed by atoms with Crippen molar-refractivity contribution in [1.82, 2.24) is 4.57 Å². The van der Waals surface area contributed by atoms with E-state index >= 15 is 0 Å². The van der Waals surface area contributed by atoms with Gasteiger partial charge in [0.25, 0.3) is 0 Å². The molecule has 10 aromatic rings. The highest BCUT2D eigenvalue weighted by molar-refractivity contribution is 7.25. The molecule has 0 fully saturated rings. The number of aromatic nitrogens is 1. The molecule has 0 bridgehead atoms. The van der Waals surface area contributed by atoms with Gasteiger partial charge in [0.2, 0.25) is 0 Å². The first-order chi connectivity index (χ1) is 28.5. The largest absolute Gasteiger partial charge is 0.456 e. The molecule has 4 heterocycles. The number of hydrogen-bond donors (Lipinski definition) is 1. The molecule has 3 nitrogen and oxygen atoms in total. The molecule has 1 radical (unpaired) electrons. The lowest BCUT2D eigenvalue weighted by Gasteiger charge is -2.27. The molecule has 7 aromatic carbocycles. The van der Waals surface area contributed by atoms with E-state index in [4.69, 9.17) is 4.42 Å². The monoisotopic (exact) mass is 797 g/mol. The summed E-state index contributed by atoms with van der Waals surface area (Å²) in [7, 11) is 2.46. The maximum Gasteiger partial charge on any atom is 0.197 e. The van der Waals surface area contributed by atoms with Crippen molar-refractivity contribution in [3.63, 3.8) is 0 Å². The predicted octanol–water partition coefficient (Wildman–Crippen LogP) is 14.6. The lowest BCUT2D eigenvalue weighted by molar-refractivity contribution is 0.590. The molecule has 5 heteroatoms. The van der Waals surface area contributed by atoms with E-state index in [0.717, 1.165) is 33.3 Å². The number of hydrogen-bond acceptors (Lipinski definition) is 3. The summed E-state index contributed by atoms with van der Waals surface area (Å²) in [6, 6.07) is 43.6. The van der Waals surface area contributed by atoms with Gasteiger partial charge in [0, 0.05) is 69.9 Å². The third-order valence-electron chi connectivity index (χ3n) is 13.0. The normalized spacial score (nSPS) is 13.3. The number of anilines is 2. The van der Waals surface area contributed by atoms with E-state index in [1.807, 2.05) is 11.3 Å². The van der Waals surface area contributed by atoms with Crippen molar-refractivity contribution in [1.29, 1.82) is 0 Å².